The van der Waals surface area contributed by atoms with Gasteiger partial charge in [0.05, 0.1) is 6.10 Å². The number of amides is 1. The van der Waals surface area contributed by atoms with Gasteiger partial charge >= 0.3 is 0 Å². The minimum Gasteiger partial charge on any atom is -0.368 e. The molecular formula is C14H26N2O2. The third kappa shape index (κ3) is 4.25. The van der Waals surface area contributed by atoms with E-state index in [1.165, 1.54) is 12.8 Å². The zero-order valence-electron chi connectivity index (χ0n) is 11.7. The number of carbonyl (C=O) groups excluding carboxylic acids is 1. The van der Waals surface area contributed by atoms with Gasteiger partial charge in [0.2, 0.25) is 5.91 Å². The van der Waals surface area contributed by atoms with Gasteiger partial charge in [-0.3, -0.25) is 4.79 Å². The maximum absolute atomic E-state index is 12.2. The molecule has 104 valence electrons. The molecule has 1 saturated carbocycles. The summed E-state index contributed by atoms with van der Waals surface area (Å²) in [5.74, 6) is 0.721. The molecule has 0 atom stereocenters. The molecule has 0 unspecified atom stereocenters. The van der Waals surface area contributed by atoms with Gasteiger partial charge in [-0.1, -0.05) is 13.8 Å². The van der Waals surface area contributed by atoms with Crippen LogP contribution in [0.1, 0.15) is 39.5 Å². The molecule has 4 heteroatoms. The summed E-state index contributed by atoms with van der Waals surface area (Å²) >= 11 is 0. The fourth-order valence-corrected chi connectivity index (χ4v) is 2.47. The number of nitrogens with one attached hydrogen (secondary N) is 1. The summed E-state index contributed by atoms with van der Waals surface area (Å²) in [5, 5.41) is 3.30. The first-order chi connectivity index (χ1) is 8.66. The smallest absolute Gasteiger partial charge is 0.248 e. The van der Waals surface area contributed by atoms with Crippen LogP contribution in [0.2, 0.25) is 0 Å². The first-order valence-electron chi connectivity index (χ1n) is 7.28. The molecule has 0 aromatic rings. The second-order valence-electron chi connectivity index (χ2n) is 5.93. The normalized spacial score (nSPS) is 21.3. The van der Waals surface area contributed by atoms with Crippen molar-refractivity contribution in [2.75, 3.05) is 26.2 Å². The zero-order chi connectivity index (χ0) is 13.0. The maximum Gasteiger partial charge on any atom is 0.248 e. The average molecular weight is 254 g/mol. The molecule has 2 aliphatic rings. The van der Waals surface area contributed by atoms with Crippen LogP contribution in [-0.4, -0.2) is 49.2 Å². The van der Waals surface area contributed by atoms with Gasteiger partial charge in [-0.25, -0.2) is 0 Å². The lowest BCUT2D eigenvalue weighted by Crippen LogP contribution is -2.40. The third-order valence-corrected chi connectivity index (χ3v) is 3.60. The van der Waals surface area contributed by atoms with E-state index in [0.29, 0.717) is 12.0 Å². The van der Waals surface area contributed by atoms with Crippen molar-refractivity contribution >= 4 is 5.91 Å². The number of carbonyl (C=O) groups is 1. The van der Waals surface area contributed by atoms with E-state index in [1.807, 2.05) is 4.90 Å². The van der Waals surface area contributed by atoms with E-state index in [0.717, 1.165) is 32.5 Å². The minimum absolute atomic E-state index is 0.185. The van der Waals surface area contributed by atoms with Crippen LogP contribution in [0.3, 0.4) is 0 Å². The van der Waals surface area contributed by atoms with Crippen LogP contribution in [0.15, 0.2) is 0 Å². The Kier molecular flexibility index (Phi) is 5.01. The molecule has 1 N–H and O–H groups in total. The summed E-state index contributed by atoms with van der Waals surface area (Å²) in [6.45, 7) is 7.49. The van der Waals surface area contributed by atoms with Crippen molar-refractivity contribution in [1.82, 2.24) is 10.2 Å². The van der Waals surface area contributed by atoms with Gasteiger partial charge in [-0.15, -0.1) is 0 Å². The molecule has 0 spiro atoms. The third-order valence-electron chi connectivity index (χ3n) is 3.60. The van der Waals surface area contributed by atoms with E-state index in [2.05, 4.69) is 19.2 Å². The number of hydrogen-bond donors (Lipinski definition) is 1. The van der Waals surface area contributed by atoms with E-state index in [9.17, 15) is 4.79 Å². The van der Waals surface area contributed by atoms with Gasteiger partial charge < -0.3 is 15.0 Å². The van der Waals surface area contributed by atoms with Gasteiger partial charge in [0.15, 0.2) is 0 Å². The molecule has 2 fully saturated rings. The quantitative estimate of drug-likeness (QED) is 0.779. The van der Waals surface area contributed by atoms with Crippen molar-refractivity contribution in [2.45, 2.75) is 51.7 Å². The van der Waals surface area contributed by atoms with Gasteiger partial charge in [0, 0.05) is 12.6 Å². The highest BCUT2D eigenvalue weighted by atomic mass is 16.5. The number of ether oxygens (including phenoxy) is 1. The largest absolute Gasteiger partial charge is 0.368 e. The summed E-state index contributed by atoms with van der Waals surface area (Å²) in [6, 6.07) is 0.497. The monoisotopic (exact) mass is 254 g/mol. The summed E-state index contributed by atoms with van der Waals surface area (Å²) in [7, 11) is 0. The zero-order valence-corrected chi connectivity index (χ0v) is 11.7. The van der Waals surface area contributed by atoms with Gasteiger partial charge in [-0.2, -0.15) is 0 Å². The van der Waals surface area contributed by atoms with Crippen LogP contribution < -0.4 is 5.32 Å². The Balaban J connectivity index is 1.74. The Labute approximate surface area is 110 Å². The van der Waals surface area contributed by atoms with Crippen molar-refractivity contribution < 1.29 is 9.53 Å². The predicted octanol–water partition coefficient (Wildman–Crippen LogP) is 1.40. The molecule has 0 bridgehead atoms. The van der Waals surface area contributed by atoms with Crippen molar-refractivity contribution in [1.29, 1.82) is 0 Å². The Bertz CT molecular complexity index is 271. The molecule has 1 aliphatic carbocycles. The lowest BCUT2D eigenvalue weighted by atomic mass is 10.1. The first-order valence-corrected chi connectivity index (χ1v) is 7.28. The van der Waals surface area contributed by atoms with Gasteiger partial charge in [-0.05, 0) is 44.7 Å². The molecule has 2 rings (SSSR count). The van der Waals surface area contributed by atoms with Crippen LogP contribution in [0.4, 0.5) is 0 Å². The molecule has 1 saturated heterocycles. The van der Waals surface area contributed by atoms with Crippen LogP contribution in [0.25, 0.3) is 0 Å². The van der Waals surface area contributed by atoms with Crippen molar-refractivity contribution in [3.8, 4) is 0 Å². The molecule has 18 heavy (non-hydrogen) atoms. The lowest BCUT2D eigenvalue weighted by molar-refractivity contribution is -0.139. The highest BCUT2D eigenvalue weighted by Crippen LogP contribution is 2.27. The Hall–Kier alpha value is -0.610. The van der Waals surface area contributed by atoms with E-state index >= 15 is 0 Å². The molecular weight excluding hydrogens is 228 g/mol. The van der Waals surface area contributed by atoms with E-state index < -0.39 is 0 Å². The van der Waals surface area contributed by atoms with E-state index in [-0.39, 0.29) is 18.6 Å². The van der Waals surface area contributed by atoms with Crippen molar-refractivity contribution in [3.63, 3.8) is 0 Å². The fraction of sp³-hybridized carbons (Fsp3) is 0.929. The molecule has 1 heterocycles. The Morgan fingerprint density at radius 1 is 1.28 bits per heavy atom. The second-order valence-corrected chi connectivity index (χ2v) is 5.93. The van der Waals surface area contributed by atoms with Crippen LogP contribution in [0, 0.1) is 5.92 Å². The number of nitrogens with zero attached hydrogens (tertiary/aromatic N) is 1. The Morgan fingerprint density at radius 3 is 2.50 bits per heavy atom. The van der Waals surface area contributed by atoms with Crippen LogP contribution in [0.5, 0.6) is 0 Å². The predicted molar refractivity (Wildman–Crippen MR) is 71.4 cm³/mol. The van der Waals surface area contributed by atoms with Crippen molar-refractivity contribution in [2.24, 2.45) is 5.92 Å². The van der Waals surface area contributed by atoms with Crippen LogP contribution >= 0.6 is 0 Å². The molecule has 0 aromatic heterocycles. The summed E-state index contributed by atoms with van der Waals surface area (Å²) in [5.41, 5.74) is 0. The number of piperidine rings is 1. The number of rotatable bonds is 6. The summed E-state index contributed by atoms with van der Waals surface area (Å²) in [6.07, 6.45) is 4.68. The average Bonchev–Trinajstić information content (AvgIpc) is 3.18. The topological polar surface area (TPSA) is 41.6 Å². The fourth-order valence-electron chi connectivity index (χ4n) is 2.47. The number of hydrogen-bond acceptors (Lipinski definition) is 3. The second kappa shape index (κ2) is 6.53. The molecule has 0 radical (unpaired) electrons. The summed E-state index contributed by atoms with van der Waals surface area (Å²) in [4.78, 5) is 14.2. The first kappa shape index (κ1) is 13.8. The molecule has 1 aliphatic heterocycles. The Morgan fingerprint density at radius 2 is 1.94 bits per heavy atom. The SMILES string of the molecule is CC(C)CN(C(=O)COC1CCNCC1)C1CC1. The minimum atomic E-state index is 0.185. The molecule has 0 aromatic carbocycles. The van der Waals surface area contributed by atoms with E-state index in [4.69, 9.17) is 4.74 Å². The molecule has 4 nitrogen and oxygen atoms in total. The van der Waals surface area contributed by atoms with Gasteiger partial charge in [0.1, 0.15) is 6.61 Å². The maximum atomic E-state index is 12.2. The standard InChI is InChI=1S/C14H26N2O2/c1-11(2)9-16(12-3-4-12)14(17)10-18-13-5-7-15-8-6-13/h11-13,15H,3-10H2,1-2H3. The highest BCUT2D eigenvalue weighted by Gasteiger charge is 2.33. The highest BCUT2D eigenvalue weighted by molar-refractivity contribution is 5.78. The van der Waals surface area contributed by atoms with E-state index in [1.54, 1.807) is 0 Å². The molecule has 1 amide bonds. The summed E-state index contributed by atoms with van der Waals surface area (Å²) < 4.78 is 5.75. The van der Waals surface area contributed by atoms with Gasteiger partial charge in [0.25, 0.3) is 0 Å². The lowest BCUT2D eigenvalue weighted by Gasteiger charge is -2.27. The van der Waals surface area contributed by atoms with Crippen LogP contribution in [-0.2, 0) is 9.53 Å². The van der Waals surface area contributed by atoms with Crippen molar-refractivity contribution in [3.05, 3.63) is 0 Å².